The molecule has 23 heavy (non-hydrogen) atoms. The van der Waals surface area contributed by atoms with Crippen LogP contribution in [0.25, 0.3) is 0 Å². The SMILES string of the molecule is COP(=S)(OC)Oc1nc(OCc2ccc(Cl)cc2)sc1C#N. The van der Waals surface area contributed by atoms with Crippen LogP contribution in [0, 0.1) is 11.3 Å². The lowest BCUT2D eigenvalue weighted by Gasteiger charge is -2.16. The summed E-state index contributed by atoms with van der Waals surface area (Å²) < 4.78 is 21.0. The highest BCUT2D eigenvalue weighted by atomic mass is 35.5. The summed E-state index contributed by atoms with van der Waals surface area (Å²) >= 11 is 12.0. The van der Waals surface area contributed by atoms with Crippen molar-refractivity contribution in [2.45, 2.75) is 6.61 Å². The van der Waals surface area contributed by atoms with Gasteiger partial charge < -0.3 is 18.3 Å². The Hall–Kier alpha value is -1.20. The quantitative estimate of drug-likeness (QED) is 0.657. The summed E-state index contributed by atoms with van der Waals surface area (Å²) in [7, 11) is 2.75. The van der Waals surface area contributed by atoms with Crippen molar-refractivity contribution >= 4 is 41.5 Å². The second kappa shape index (κ2) is 8.06. The van der Waals surface area contributed by atoms with Gasteiger partial charge in [-0.2, -0.15) is 10.2 Å². The first kappa shape index (κ1) is 18.1. The first-order chi connectivity index (χ1) is 11.0. The Balaban J connectivity index is 2.11. The summed E-state index contributed by atoms with van der Waals surface area (Å²) in [6.45, 7) is -2.67. The average molecular weight is 391 g/mol. The molecule has 0 aliphatic heterocycles. The van der Waals surface area contributed by atoms with Gasteiger partial charge in [-0.3, -0.25) is 0 Å². The summed E-state index contributed by atoms with van der Waals surface area (Å²) in [5, 5.41) is 10.1. The molecule has 0 spiro atoms. The Bertz CT molecular complexity index is 752. The number of benzene rings is 1. The van der Waals surface area contributed by atoms with Gasteiger partial charge in [0.05, 0.1) is 0 Å². The lowest BCUT2D eigenvalue weighted by Crippen LogP contribution is -1.98. The number of hydrogen-bond donors (Lipinski definition) is 0. The zero-order chi connectivity index (χ0) is 16.9. The molecule has 10 heteroatoms. The van der Waals surface area contributed by atoms with E-state index in [9.17, 15) is 0 Å². The van der Waals surface area contributed by atoms with Crippen molar-refractivity contribution in [2.75, 3.05) is 14.2 Å². The zero-order valence-corrected chi connectivity index (χ0v) is 15.5. The Morgan fingerprint density at radius 3 is 2.52 bits per heavy atom. The zero-order valence-electron chi connectivity index (χ0n) is 12.2. The number of thiazole rings is 1. The standard InChI is InChI=1S/C13H12ClN2O4PS2/c1-17-21(22,18-2)20-12-11(7-15)23-13(16-12)19-8-9-3-5-10(14)6-4-9/h3-6H,8H2,1-2H3. The monoisotopic (exact) mass is 390 g/mol. The van der Waals surface area contributed by atoms with Crippen LogP contribution in [0.4, 0.5) is 0 Å². The first-order valence-corrected chi connectivity index (χ1v) is 9.94. The number of halogens is 1. The maximum absolute atomic E-state index is 9.16. The third-order valence-electron chi connectivity index (χ3n) is 2.60. The predicted octanol–water partition coefficient (Wildman–Crippen LogP) is 4.14. The molecule has 1 aromatic carbocycles. The maximum atomic E-state index is 9.16. The molecule has 0 radical (unpaired) electrons. The van der Waals surface area contributed by atoms with Crippen molar-refractivity contribution in [1.29, 1.82) is 5.26 Å². The minimum atomic E-state index is -2.96. The minimum Gasteiger partial charge on any atom is -0.465 e. The van der Waals surface area contributed by atoms with Crippen LogP contribution >= 0.6 is 29.7 Å². The molecular weight excluding hydrogens is 379 g/mol. The maximum Gasteiger partial charge on any atom is 0.381 e. The number of ether oxygens (including phenoxy) is 1. The Morgan fingerprint density at radius 2 is 1.96 bits per heavy atom. The van der Waals surface area contributed by atoms with E-state index < -0.39 is 6.72 Å². The minimum absolute atomic E-state index is 0.0515. The molecule has 0 aliphatic carbocycles. The van der Waals surface area contributed by atoms with E-state index in [1.807, 2.05) is 18.2 Å². The van der Waals surface area contributed by atoms with E-state index in [-0.39, 0.29) is 17.4 Å². The van der Waals surface area contributed by atoms with Gasteiger partial charge in [0.2, 0.25) is 0 Å². The van der Waals surface area contributed by atoms with Gasteiger partial charge in [-0.1, -0.05) is 35.1 Å². The van der Waals surface area contributed by atoms with E-state index in [1.54, 1.807) is 12.1 Å². The highest BCUT2D eigenvalue weighted by molar-refractivity contribution is 8.07. The van der Waals surface area contributed by atoms with Crippen LogP contribution in [0.1, 0.15) is 10.4 Å². The number of rotatable bonds is 7. The second-order valence-corrected chi connectivity index (χ2v) is 8.59. The first-order valence-electron chi connectivity index (χ1n) is 6.19. The molecular formula is C13H12ClN2O4PS2. The number of hydrogen-bond acceptors (Lipinski definition) is 8. The third-order valence-corrected chi connectivity index (χ3v) is 6.11. The molecule has 122 valence electrons. The van der Waals surface area contributed by atoms with Crippen LogP contribution in [0.5, 0.6) is 11.1 Å². The topological polar surface area (TPSA) is 73.6 Å². The second-order valence-electron chi connectivity index (χ2n) is 4.04. The van der Waals surface area contributed by atoms with Crippen molar-refractivity contribution in [2.24, 2.45) is 0 Å². The summed E-state index contributed by atoms with van der Waals surface area (Å²) in [5.41, 5.74) is 0.921. The van der Waals surface area contributed by atoms with Gasteiger partial charge in [-0.05, 0) is 17.7 Å². The molecule has 0 bridgehead atoms. The predicted molar refractivity (Wildman–Crippen MR) is 91.5 cm³/mol. The van der Waals surface area contributed by atoms with Crippen LogP contribution < -0.4 is 9.26 Å². The van der Waals surface area contributed by atoms with E-state index in [0.29, 0.717) is 10.2 Å². The fourth-order valence-corrected chi connectivity index (χ4v) is 3.15. The van der Waals surface area contributed by atoms with Crippen molar-refractivity contribution in [3.63, 3.8) is 0 Å². The number of aromatic nitrogens is 1. The molecule has 2 rings (SSSR count). The Morgan fingerprint density at radius 1 is 1.30 bits per heavy atom. The lowest BCUT2D eigenvalue weighted by atomic mass is 10.2. The van der Waals surface area contributed by atoms with E-state index >= 15 is 0 Å². The van der Waals surface area contributed by atoms with E-state index in [2.05, 4.69) is 4.98 Å². The fraction of sp³-hybridized carbons (Fsp3) is 0.231. The highest BCUT2D eigenvalue weighted by Gasteiger charge is 2.24. The van der Waals surface area contributed by atoms with Gasteiger partial charge in [0.1, 0.15) is 12.7 Å². The molecule has 0 saturated carbocycles. The molecule has 0 saturated heterocycles. The van der Waals surface area contributed by atoms with Crippen molar-refractivity contribution in [3.05, 3.63) is 39.7 Å². The molecule has 0 aliphatic rings. The molecule has 1 heterocycles. The molecule has 0 unspecified atom stereocenters. The molecule has 0 N–H and O–H groups in total. The lowest BCUT2D eigenvalue weighted by molar-refractivity contribution is 0.267. The average Bonchev–Trinajstić information content (AvgIpc) is 2.96. The van der Waals surface area contributed by atoms with Gasteiger partial charge in [0.15, 0.2) is 4.88 Å². The molecule has 0 amide bonds. The normalized spacial score (nSPS) is 11.0. The van der Waals surface area contributed by atoms with E-state index in [0.717, 1.165) is 16.9 Å². The molecule has 0 atom stereocenters. The highest BCUT2D eigenvalue weighted by Crippen LogP contribution is 2.49. The fourth-order valence-electron chi connectivity index (χ4n) is 1.46. The van der Waals surface area contributed by atoms with Crippen molar-refractivity contribution in [3.8, 4) is 17.1 Å². The number of nitrogens with zero attached hydrogens (tertiary/aromatic N) is 2. The van der Waals surface area contributed by atoms with Crippen LogP contribution in [-0.2, 0) is 27.5 Å². The van der Waals surface area contributed by atoms with Crippen LogP contribution in [0.2, 0.25) is 5.02 Å². The van der Waals surface area contributed by atoms with E-state index in [1.165, 1.54) is 14.2 Å². The van der Waals surface area contributed by atoms with Crippen molar-refractivity contribution in [1.82, 2.24) is 4.98 Å². The molecule has 6 nitrogen and oxygen atoms in total. The smallest absolute Gasteiger partial charge is 0.381 e. The van der Waals surface area contributed by atoms with Gasteiger partial charge in [-0.15, -0.1) is 0 Å². The summed E-state index contributed by atoms with van der Waals surface area (Å²) in [6, 6.07) is 9.21. The summed E-state index contributed by atoms with van der Waals surface area (Å²) in [5.74, 6) is 0.0515. The van der Waals surface area contributed by atoms with Crippen LogP contribution in [0.3, 0.4) is 0 Å². The van der Waals surface area contributed by atoms with E-state index in [4.69, 9.17) is 47.0 Å². The van der Waals surface area contributed by atoms with Crippen LogP contribution in [0.15, 0.2) is 24.3 Å². The molecule has 0 fully saturated rings. The largest absolute Gasteiger partial charge is 0.465 e. The number of nitriles is 1. The van der Waals surface area contributed by atoms with Gasteiger partial charge in [0, 0.05) is 31.0 Å². The van der Waals surface area contributed by atoms with Gasteiger partial charge >= 0.3 is 6.72 Å². The Labute approximate surface area is 147 Å². The van der Waals surface area contributed by atoms with Gasteiger partial charge in [0.25, 0.3) is 11.1 Å². The summed E-state index contributed by atoms with van der Waals surface area (Å²) in [4.78, 5) is 4.36. The third kappa shape index (κ3) is 4.88. The molecule has 2 aromatic rings. The molecule has 1 aromatic heterocycles. The van der Waals surface area contributed by atoms with Gasteiger partial charge in [-0.25, -0.2) is 0 Å². The van der Waals surface area contributed by atoms with Crippen molar-refractivity contribution < 1.29 is 18.3 Å². The summed E-state index contributed by atoms with van der Waals surface area (Å²) in [6.07, 6.45) is 0. The van der Waals surface area contributed by atoms with Crippen LogP contribution in [-0.4, -0.2) is 19.2 Å². The Kier molecular flexibility index (Phi) is 6.36.